The Morgan fingerprint density at radius 2 is 1.49 bits per heavy atom. The van der Waals surface area contributed by atoms with Gasteiger partial charge < -0.3 is 0 Å². The lowest BCUT2D eigenvalue weighted by Crippen LogP contribution is -2.51. The average molecular weight is 557 g/mol. The minimum atomic E-state index is -4.62. The summed E-state index contributed by atoms with van der Waals surface area (Å²) in [6, 6.07) is 21.9. The standard InChI is InChI=1S/C31H35F3N2O2S/c1-23-14-16-26(17-15-23)36(39(37,38)28-11-7-10-25(22-28)31(32,33)34)27-18-20-35(21-19-27)30-13-6-5-12-29(30)24-8-3-2-4-9-24/h2-4,7-11,14-17,22,27,29-30H,5-6,12-13,18-21H2,1H3. The first-order valence-electron chi connectivity index (χ1n) is 13.7. The third kappa shape index (κ3) is 6.02. The van der Waals surface area contributed by atoms with Crippen molar-refractivity contribution < 1.29 is 21.6 Å². The smallest absolute Gasteiger partial charge is 0.300 e. The number of halogens is 3. The van der Waals surface area contributed by atoms with E-state index in [1.165, 1.54) is 34.8 Å². The number of piperidine rings is 1. The molecule has 39 heavy (non-hydrogen) atoms. The summed E-state index contributed by atoms with van der Waals surface area (Å²) in [5.74, 6) is 0.457. The van der Waals surface area contributed by atoms with Gasteiger partial charge in [-0.2, -0.15) is 13.2 Å². The van der Waals surface area contributed by atoms with Gasteiger partial charge in [0.2, 0.25) is 0 Å². The van der Waals surface area contributed by atoms with Crippen LogP contribution in [0.15, 0.2) is 83.8 Å². The van der Waals surface area contributed by atoms with Crippen LogP contribution in [-0.4, -0.2) is 38.5 Å². The van der Waals surface area contributed by atoms with Gasteiger partial charge in [-0.05, 0) is 74.4 Å². The van der Waals surface area contributed by atoms with Gasteiger partial charge in [0.15, 0.2) is 0 Å². The quantitative estimate of drug-likeness (QED) is 0.318. The zero-order chi connectivity index (χ0) is 27.6. The lowest BCUT2D eigenvalue weighted by Gasteiger charge is -2.45. The van der Waals surface area contributed by atoms with Gasteiger partial charge in [0, 0.05) is 25.2 Å². The largest absolute Gasteiger partial charge is 0.416 e. The van der Waals surface area contributed by atoms with Crippen molar-refractivity contribution in [1.82, 2.24) is 4.90 Å². The molecule has 2 fully saturated rings. The third-order valence-electron chi connectivity index (χ3n) is 8.26. The van der Waals surface area contributed by atoms with Crippen molar-refractivity contribution in [3.8, 4) is 0 Å². The van der Waals surface area contributed by atoms with E-state index in [1.54, 1.807) is 12.1 Å². The molecule has 1 saturated heterocycles. The second-order valence-electron chi connectivity index (χ2n) is 10.8. The highest BCUT2D eigenvalue weighted by molar-refractivity contribution is 7.92. The van der Waals surface area contributed by atoms with Gasteiger partial charge in [0.1, 0.15) is 0 Å². The monoisotopic (exact) mass is 556 g/mol. The zero-order valence-corrected chi connectivity index (χ0v) is 23.0. The highest BCUT2D eigenvalue weighted by Gasteiger charge is 2.39. The van der Waals surface area contributed by atoms with Crippen LogP contribution >= 0.6 is 0 Å². The maximum Gasteiger partial charge on any atom is 0.416 e. The van der Waals surface area contributed by atoms with Crippen LogP contribution in [0, 0.1) is 6.92 Å². The maximum absolute atomic E-state index is 14.0. The van der Waals surface area contributed by atoms with Crippen molar-refractivity contribution in [3.63, 3.8) is 0 Å². The number of nitrogens with zero attached hydrogens (tertiary/aromatic N) is 2. The molecule has 1 saturated carbocycles. The van der Waals surface area contributed by atoms with Crippen LogP contribution in [-0.2, 0) is 16.2 Å². The fraction of sp³-hybridized carbons (Fsp3) is 0.419. The van der Waals surface area contributed by atoms with Crippen molar-refractivity contribution in [3.05, 3.63) is 95.6 Å². The Hall–Kier alpha value is -2.84. The molecule has 0 N–H and O–H groups in total. The van der Waals surface area contributed by atoms with Crippen molar-refractivity contribution in [2.75, 3.05) is 17.4 Å². The number of hydrogen-bond donors (Lipinski definition) is 0. The van der Waals surface area contributed by atoms with E-state index in [0.717, 1.165) is 43.6 Å². The van der Waals surface area contributed by atoms with Crippen LogP contribution in [0.4, 0.5) is 18.9 Å². The SMILES string of the molecule is Cc1ccc(N(C2CCN(C3CCCCC3c3ccccc3)CC2)S(=O)(=O)c2cccc(C(F)(F)F)c2)cc1. The fourth-order valence-electron chi connectivity index (χ4n) is 6.27. The number of aryl methyl sites for hydroxylation is 1. The molecular formula is C31H35F3N2O2S. The summed E-state index contributed by atoms with van der Waals surface area (Å²) in [7, 11) is -4.23. The van der Waals surface area contributed by atoms with E-state index in [4.69, 9.17) is 0 Å². The predicted octanol–water partition coefficient (Wildman–Crippen LogP) is 7.40. The number of likely N-dealkylation sites (tertiary alicyclic amines) is 1. The summed E-state index contributed by atoms with van der Waals surface area (Å²) in [5.41, 5.74) is 1.86. The molecule has 0 radical (unpaired) electrons. The van der Waals surface area contributed by atoms with Gasteiger partial charge in [-0.1, -0.05) is 66.9 Å². The summed E-state index contributed by atoms with van der Waals surface area (Å²) < 4.78 is 69.6. The molecule has 1 aliphatic heterocycles. The molecule has 4 nitrogen and oxygen atoms in total. The van der Waals surface area contributed by atoms with Gasteiger partial charge in [-0.25, -0.2) is 8.42 Å². The molecule has 0 spiro atoms. The molecule has 8 heteroatoms. The predicted molar refractivity (Wildman–Crippen MR) is 148 cm³/mol. The number of benzene rings is 3. The zero-order valence-electron chi connectivity index (χ0n) is 22.1. The van der Waals surface area contributed by atoms with Crippen LogP contribution in [0.2, 0.25) is 0 Å². The Morgan fingerprint density at radius 1 is 0.821 bits per heavy atom. The second-order valence-corrected chi connectivity index (χ2v) is 12.6. The van der Waals surface area contributed by atoms with Crippen molar-refractivity contribution >= 4 is 15.7 Å². The summed E-state index contributed by atoms with van der Waals surface area (Å²) in [5, 5.41) is 0. The topological polar surface area (TPSA) is 40.6 Å². The molecule has 0 amide bonds. The summed E-state index contributed by atoms with van der Waals surface area (Å²) in [6.45, 7) is 3.42. The first-order valence-corrected chi connectivity index (χ1v) is 15.2. The fourth-order valence-corrected chi connectivity index (χ4v) is 8.03. The van der Waals surface area contributed by atoms with E-state index >= 15 is 0 Å². The number of sulfonamides is 1. The van der Waals surface area contributed by atoms with E-state index in [0.29, 0.717) is 30.5 Å². The van der Waals surface area contributed by atoms with Crippen LogP contribution in [0.5, 0.6) is 0 Å². The van der Waals surface area contributed by atoms with Gasteiger partial charge in [-0.15, -0.1) is 0 Å². The van der Waals surface area contributed by atoms with Gasteiger partial charge in [0.05, 0.1) is 16.1 Å². The molecule has 0 bridgehead atoms. The maximum atomic E-state index is 14.0. The Kier molecular flexibility index (Phi) is 8.06. The Labute approximate surface area is 229 Å². The molecule has 2 atom stereocenters. The molecule has 0 aromatic heterocycles. The molecule has 208 valence electrons. The molecular weight excluding hydrogens is 521 g/mol. The highest BCUT2D eigenvalue weighted by Crippen LogP contribution is 2.39. The van der Waals surface area contributed by atoms with E-state index in [2.05, 4.69) is 29.2 Å². The minimum absolute atomic E-state index is 0.336. The van der Waals surface area contributed by atoms with E-state index in [-0.39, 0.29) is 10.9 Å². The van der Waals surface area contributed by atoms with Gasteiger partial charge in [-0.3, -0.25) is 9.21 Å². The lowest BCUT2D eigenvalue weighted by atomic mass is 9.78. The number of rotatable bonds is 6. The molecule has 5 rings (SSSR count). The average Bonchev–Trinajstić information content (AvgIpc) is 2.95. The highest BCUT2D eigenvalue weighted by atomic mass is 32.2. The molecule has 3 aromatic rings. The second kappa shape index (κ2) is 11.3. The normalized spacial score (nSPS) is 21.5. The molecule has 3 aromatic carbocycles. The van der Waals surface area contributed by atoms with Crippen LogP contribution in [0.3, 0.4) is 0 Å². The summed E-state index contributed by atoms with van der Waals surface area (Å²) >= 11 is 0. The van der Waals surface area contributed by atoms with Crippen molar-refractivity contribution in [2.45, 2.75) is 74.5 Å². The van der Waals surface area contributed by atoms with E-state index in [9.17, 15) is 21.6 Å². The summed E-state index contributed by atoms with van der Waals surface area (Å²) in [4.78, 5) is 2.18. The Morgan fingerprint density at radius 3 is 2.15 bits per heavy atom. The van der Waals surface area contributed by atoms with Crippen LogP contribution in [0.1, 0.15) is 61.1 Å². The van der Waals surface area contributed by atoms with Crippen molar-refractivity contribution in [1.29, 1.82) is 0 Å². The van der Waals surface area contributed by atoms with Crippen LogP contribution < -0.4 is 4.31 Å². The van der Waals surface area contributed by atoms with Crippen molar-refractivity contribution in [2.24, 2.45) is 0 Å². The molecule has 2 unspecified atom stereocenters. The number of anilines is 1. The summed E-state index contributed by atoms with van der Waals surface area (Å²) in [6.07, 6.45) is 1.27. The molecule has 1 aliphatic carbocycles. The van der Waals surface area contributed by atoms with E-state index in [1.807, 2.05) is 25.1 Å². The first-order chi connectivity index (χ1) is 18.6. The number of hydrogen-bond acceptors (Lipinski definition) is 3. The Balaban J connectivity index is 1.41. The lowest BCUT2D eigenvalue weighted by molar-refractivity contribution is -0.137. The van der Waals surface area contributed by atoms with Gasteiger partial charge >= 0.3 is 6.18 Å². The first kappa shape index (κ1) is 27.7. The van der Waals surface area contributed by atoms with Gasteiger partial charge in [0.25, 0.3) is 10.0 Å². The molecule has 2 aliphatic rings. The molecule has 1 heterocycles. The van der Waals surface area contributed by atoms with E-state index < -0.39 is 21.8 Å². The minimum Gasteiger partial charge on any atom is -0.300 e. The van der Waals surface area contributed by atoms with Crippen LogP contribution in [0.25, 0.3) is 0 Å². The third-order valence-corrected chi connectivity index (χ3v) is 10.1. The number of alkyl halides is 3. The Bertz CT molecular complexity index is 1350.